The molecule has 1 saturated heterocycles. The topological polar surface area (TPSA) is 154 Å². The van der Waals surface area contributed by atoms with Gasteiger partial charge < -0.3 is 25.7 Å². The lowest BCUT2D eigenvalue weighted by molar-refractivity contribution is -0.0692. The number of halogens is 1. The van der Waals surface area contributed by atoms with Crippen LogP contribution in [-0.2, 0) is 4.74 Å². The molecule has 0 bridgehead atoms. The van der Waals surface area contributed by atoms with Crippen molar-refractivity contribution in [3.05, 3.63) is 0 Å². The zero-order chi connectivity index (χ0) is 16.3. The molecule has 4 atom stereocenters. The lowest BCUT2D eigenvalue weighted by Crippen LogP contribution is -2.48. The first-order chi connectivity index (χ1) is 9.77. The second kappa shape index (κ2) is 6.38. The molecule has 9 nitrogen and oxygen atoms in total. The van der Waals surface area contributed by atoms with Crippen LogP contribution in [0.5, 0.6) is 0 Å². The Morgan fingerprint density at radius 1 is 1.67 bits per heavy atom. The van der Waals surface area contributed by atoms with Crippen LogP contribution in [0.15, 0.2) is 4.99 Å². The van der Waals surface area contributed by atoms with Crippen LogP contribution in [0.4, 0.5) is 0 Å². The number of nitrogens with zero attached hydrogens (tertiary/aromatic N) is 1. The molecule has 1 aliphatic rings. The van der Waals surface area contributed by atoms with E-state index in [1.807, 2.05) is 0 Å². The molecule has 0 aromatic rings. The summed E-state index contributed by atoms with van der Waals surface area (Å²) < 4.78 is 5.35. The van der Waals surface area contributed by atoms with Crippen LogP contribution < -0.4 is 10.8 Å². The van der Waals surface area contributed by atoms with Crippen LogP contribution in [-0.4, -0.2) is 62.8 Å². The van der Waals surface area contributed by atoms with Crippen LogP contribution in [0, 0.1) is 23.2 Å². The van der Waals surface area contributed by atoms with E-state index in [2.05, 4.69) is 16.2 Å². The summed E-state index contributed by atoms with van der Waals surface area (Å²) in [5.74, 6) is 1.45. The number of ether oxygens (including phenoxy) is 1. The standard InChI is InChI=1S/C11H16ClN5O4/c1-3-11(5-18)7(19)10(2,12)8(21-11)16-9(17-20)15-6(14)4-13/h1,4,7-8,13,18-20H,5H2,2H3,(H3,14,15,16,17)/t7-,8+,10+,11+/m0/s1. The highest BCUT2D eigenvalue weighted by Gasteiger charge is 2.60. The Kier molecular flexibility index (Phi) is 5.27. The molecular weight excluding hydrogens is 302 g/mol. The normalized spacial score (nSPS) is 35.9. The quantitative estimate of drug-likeness (QED) is 0.112. The molecule has 1 rings (SSSR count). The number of terminal acetylenes is 1. The van der Waals surface area contributed by atoms with Crippen molar-refractivity contribution in [3.63, 3.8) is 0 Å². The summed E-state index contributed by atoms with van der Waals surface area (Å²) in [6, 6.07) is 0. The van der Waals surface area contributed by atoms with E-state index in [0.717, 1.165) is 0 Å². The third-order valence-electron chi connectivity index (χ3n) is 3.01. The van der Waals surface area contributed by atoms with Crippen LogP contribution in [0.3, 0.4) is 0 Å². The number of guanidine groups is 1. The van der Waals surface area contributed by atoms with Gasteiger partial charge in [-0.1, -0.05) is 5.92 Å². The summed E-state index contributed by atoms with van der Waals surface area (Å²) in [4.78, 5) is 2.38. The number of alkyl halides is 1. The zero-order valence-corrected chi connectivity index (χ0v) is 11.8. The smallest absolute Gasteiger partial charge is 0.223 e. The average Bonchev–Trinajstić information content (AvgIpc) is 2.67. The summed E-state index contributed by atoms with van der Waals surface area (Å²) in [6.45, 7) is 0.726. The number of aliphatic hydroxyl groups is 2. The fraction of sp³-hybridized carbons (Fsp3) is 0.545. The average molecular weight is 318 g/mol. The van der Waals surface area contributed by atoms with Gasteiger partial charge in [0.25, 0.3) is 0 Å². The molecule has 0 amide bonds. The predicted octanol–water partition coefficient (Wildman–Crippen LogP) is -1.38. The fourth-order valence-electron chi connectivity index (χ4n) is 1.77. The molecule has 0 saturated carbocycles. The van der Waals surface area contributed by atoms with Crippen LogP contribution in [0.2, 0.25) is 0 Å². The first kappa shape index (κ1) is 17.4. The molecule has 10 heteroatoms. The maximum atomic E-state index is 10.1. The summed E-state index contributed by atoms with van der Waals surface area (Å²) in [5.41, 5.74) is -0.0515. The largest absolute Gasteiger partial charge is 0.392 e. The Labute approximate surface area is 126 Å². The number of rotatable bonds is 3. The van der Waals surface area contributed by atoms with Gasteiger partial charge in [-0.25, -0.2) is 10.5 Å². The first-order valence-corrected chi connectivity index (χ1v) is 6.12. The summed E-state index contributed by atoms with van der Waals surface area (Å²) in [5, 5.41) is 44.8. The van der Waals surface area contributed by atoms with Gasteiger partial charge in [-0.15, -0.1) is 18.0 Å². The molecule has 0 aliphatic carbocycles. The second-order valence-electron chi connectivity index (χ2n) is 4.49. The van der Waals surface area contributed by atoms with Gasteiger partial charge in [0.05, 0.1) is 12.8 Å². The Hall–Kier alpha value is -1.70. The molecule has 0 unspecified atom stereocenters. The van der Waals surface area contributed by atoms with Crippen molar-refractivity contribution in [3.8, 4) is 12.3 Å². The van der Waals surface area contributed by atoms with Gasteiger partial charge in [-0.3, -0.25) is 10.6 Å². The number of hydrogen-bond acceptors (Lipinski definition) is 7. The molecule has 1 heterocycles. The van der Waals surface area contributed by atoms with E-state index in [1.165, 1.54) is 6.92 Å². The van der Waals surface area contributed by atoms with Gasteiger partial charge in [0.1, 0.15) is 16.8 Å². The van der Waals surface area contributed by atoms with Gasteiger partial charge in [0, 0.05) is 0 Å². The molecule has 0 aromatic heterocycles. The number of amidine groups is 1. The molecule has 116 valence electrons. The minimum absolute atomic E-state index is 0.335. The fourth-order valence-corrected chi connectivity index (χ4v) is 2.04. The molecule has 0 radical (unpaired) electrons. The number of nitrogens with one attached hydrogen (secondary N) is 4. The highest BCUT2D eigenvalue weighted by Crippen LogP contribution is 2.42. The van der Waals surface area contributed by atoms with Gasteiger partial charge in [-0.05, 0) is 6.92 Å². The van der Waals surface area contributed by atoms with Crippen LogP contribution in [0.25, 0.3) is 0 Å². The molecule has 1 aliphatic heterocycles. The number of aliphatic hydroxyl groups excluding tert-OH is 2. The van der Waals surface area contributed by atoms with Crippen molar-refractivity contribution in [1.29, 1.82) is 10.8 Å². The van der Waals surface area contributed by atoms with E-state index < -0.39 is 29.4 Å². The van der Waals surface area contributed by atoms with E-state index in [0.29, 0.717) is 6.21 Å². The Balaban J connectivity index is 3.10. The third-order valence-corrected chi connectivity index (χ3v) is 3.40. The van der Waals surface area contributed by atoms with Gasteiger partial charge in [-0.2, -0.15) is 0 Å². The van der Waals surface area contributed by atoms with Crippen molar-refractivity contribution in [2.24, 2.45) is 4.99 Å². The molecule has 0 spiro atoms. The van der Waals surface area contributed by atoms with E-state index in [-0.39, 0.29) is 11.8 Å². The lowest BCUT2D eigenvalue weighted by atomic mass is 9.91. The van der Waals surface area contributed by atoms with E-state index in [1.54, 1.807) is 5.48 Å². The first-order valence-electron chi connectivity index (χ1n) is 5.74. The van der Waals surface area contributed by atoms with Gasteiger partial charge in [0.2, 0.25) is 5.96 Å². The summed E-state index contributed by atoms with van der Waals surface area (Å²) in [7, 11) is 0. The van der Waals surface area contributed by atoms with Crippen LogP contribution >= 0.6 is 11.6 Å². The predicted molar refractivity (Wildman–Crippen MR) is 75.8 cm³/mol. The van der Waals surface area contributed by atoms with E-state index in [9.17, 15) is 10.2 Å². The Morgan fingerprint density at radius 3 is 2.67 bits per heavy atom. The highest BCUT2D eigenvalue weighted by atomic mass is 35.5. The number of aliphatic imine (C=N–C) groups is 1. The van der Waals surface area contributed by atoms with Gasteiger partial charge >= 0.3 is 0 Å². The SMILES string of the molecule is C#C[C@]1(CO)O[C@@H](N=C(NO)NC(=N)C=N)[C@](C)(Cl)[C@@H]1O. The van der Waals surface area contributed by atoms with Crippen molar-refractivity contribution in [2.45, 2.75) is 29.7 Å². The molecular formula is C11H16ClN5O4. The summed E-state index contributed by atoms with van der Waals surface area (Å²) >= 11 is 6.17. The van der Waals surface area contributed by atoms with Gasteiger partial charge in [0.15, 0.2) is 11.8 Å². The summed E-state index contributed by atoms with van der Waals surface area (Å²) in [6.07, 6.45) is 3.31. The van der Waals surface area contributed by atoms with Crippen molar-refractivity contribution >= 4 is 29.6 Å². The Morgan fingerprint density at radius 2 is 2.29 bits per heavy atom. The number of hydrogen-bond donors (Lipinski definition) is 7. The molecule has 0 aromatic carbocycles. The maximum Gasteiger partial charge on any atom is 0.223 e. The minimum atomic E-state index is -1.72. The lowest BCUT2D eigenvalue weighted by Gasteiger charge is -2.26. The molecule has 21 heavy (non-hydrogen) atoms. The maximum absolute atomic E-state index is 10.1. The van der Waals surface area contributed by atoms with Crippen molar-refractivity contribution in [2.75, 3.05) is 6.61 Å². The monoisotopic (exact) mass is 317 g/mol. The Bertz CT molecular complexity index is 503. The second-order valence-corrected chi connectivity index (χ2v) is 5.30. The third kappa shape index (κ3) is 3.15. The zero-order valence-electron chi connectivity index (χ0n) is 11.1. The minimum Gasteiger partial charge on any atom is -0.392 e. The van der Waals surface area contributed by atoms with Crippen molar-refractivity contribution in [1.82, 2.24) is 10.8 Å². The number of hydroxylamine groups is 1. The molecule has 7 N–H and O–H groups in total. The van der Waals surface area contributed by atoms with Crippen LogP contribution in [0.1, 0.15) is 6.92 Å². The van der Waals surface area contributed by atoms with E-state index in [4.69, 9.17) is 38.8 Å². The van der Waals surface area contributed by atoms with Crippen molar-refractivity contribution < 1.29 is 20.2 Å². The molecule has 1 fully saturated rings. The highest BCUT2D eigenvalue weighted by molar-refractivity contribution is 6.30. The van der Waals surface area contributed by atoms with E-state index >= 15 is 0 Å².